The van der Waals surface area contributed by atoms with Crippen LogP contribution < -0.4 is 0 Å². The van der Waals surface area contributed by atoms with Crippen molar-refractivity contribution in [3.05, 3.63) is 212 Å². The molecule has 0 radical (unpaired) electrons. The fraction of sp³-hybridized carbons (Fsp3) is 0. The van der Waals surface area contributed by atoms with Crippen LogP contribution in [0.1, 0.15) is 6.85 Å². The maximum absolute atomic E-state index is 8.84. The first-order valence-corrected chi connectivity index (χ1v) is 18.5. The van der Waals surface area contributed by atoms with E-state index in [0.717, 1.165) is 66.1 Å². The van der Waals surface area contributed by atoms with Gasteiger partial charge in [-0.2, -0.15) is 0 Å². The molecule has 262 valence electrons. The second-order valence-corrected chi connectivity index (χ2v) is 13.7. The number of aromatic nitrogens is 3. The van der Waals surface area contributed by atoms with Gasteiger partial charge in [0.2, 0.25) is 0 Å². The zero-order valence-corrected chi connectivity index (χ0v) is 30.2. The Kier molecular flexibility index (Phi) is 7.20. The fourth-order valence-corrected chi connectivity index (χ4v) is 7.33. The lowest BCUT2D eigenvalue weighted by molar-refractivity contribution is 1.08. The van der Waals surface area contributed by atoms with Gasteiger partial charge in [-0.05, 0) is 96.4 Å². The first-order valence-electron chi connectivity index (χ1n) is 21.0. The van der Waals surface area contributed by atoms with E-state index in [4.69, 9.17) is 21.8 Å². The van der Waals surface area contributed by atoms with Crippen LogP contribution in [0.4, 0.5) is 0 Å². The third-order valence-corrected chi connectivity index (χ3v) is 10.2. The highest BCUT2D eigenvalue weighted by Crippen LogP contribution is 2.36. The highest BCUT2D eigenvalue weighted by atomic mass is 15.0. The van der Waals surface area contributed by atoms with Gasteiger partial charge < -0.3 is 0 Å². The highest BCUT2D eigenvalue weighted by molar-refractivity contribution is 6.00. The summed E-state index contributed by atoms with van der Waals surface area (Å²) in [5.41, 5.74) is 10.0. The Morgan fingerprint density at radius 3 is 1.46 bits per heavy atom. The summed E-state index contributed by atoms with van der Waals surface area (Å²) < 4.78 is 42.8. The average Bonchev–Trinajstić information content (AvgIpc) is 3.32. The Balaban J connectivity index is 1.11. The zero-order valence-electron chi connectivity index (χ0n) is 35.2. The van der Waals surface area contributed by atoms with Gasteiger partial charge in [0.1, 0.15) is 0 Å². The van der Waals surface area contributed by atoms with Gasteiger partial charge in [0.05, 0.1) is 6.85 Å². The van der Waals surface area contributed by atoms with E-state index in [2.05, 4.69) is 109 Å². The highest BCUT2D eigenvalue weighted by Gasteiger charge is 2.16. The van der Waals surface area contributed by atoms with E-state index in [1.54, 1.807) is 0 Å². The van der Waals surface area contributed by atoms with Crippen LogP contribution in [0.5, 0.6) is 0 Å². The predicted octanol–water partition coefficient (Wildman–Crippen LogP) is 13.8. The lowest BCUT2D eigenvalue weighted by Crippen LogP contribution is -2.00. The van der Waals surface area contributed by atoms with Crippen molar-refractivity contribution in [1.29, 1.82) is 0 Å². The summed E-state index contributed by atoms with van der Waals surface area (Å²) in [6, 6.07) is 60.0. The molecule has 56 heavy (non-hydrogen) atoms. The van der Waals surface area contributed by atoms with Crippen molar-refractivity contribution < 1.29 is 6.85 Å². The number of rotatable bonds is 7. The largest absolute Gasteiger partial charge is 0.208 e. The molecule has 0 aliphatic rings. The maximum atomic E-state index is 8.84. The second kappa shape index (κ2) is 14.4. The second-order valence-electron chi connectivity index (χ2n) is 13.7. The molecular weight excluding hydrogens is 679 g/mol. The van der Waals surface area contributed by atoms with Crippen molar-refractivity contribution in [3.8, 4) is 78.7 Å². The molecule has 0 N–H and O–H groups in total. The third kappa shape index (κ3) is 6.52. The molecule has 0 aliphatic carbocycles. The minimum atomic E-state index is -0.480. The molecule has 3 nitrogen and oxygen atoms in total. The molecule has 0 saturated carbocycles. The summed E-state index contributed by atoms with van der Waals surface area (Å²) in [6.07, 6.45) is 0. The van der Waals surface area contributed by atoms with Gasteiger partial charge in [-0.15, -0.1) is 0 Å². The van der Waals surface area contributed by atoms with Gasteiger partial charge >= 0.3 is 0 Å². The van der Waals surface area contributed by atoms with Crippen molar-refractivity contribution in [2.45, 2.75) is 0 Å². The van der Waals surface area contributed by atoms with Crippen molar-refractivity contribution in [2.24, 2.45) is 0 Å². The molecule has 10 rings (SSSR count). The summed E-state index contributed by atoms with van der Waals surface area (Å²) in [4.78, 5) is 14.8. The van der Waals surface area contributed by atoms with E-state index in [1.807, 2.05) is 72.8 Å². The minimum Gasteiger partial charge on any atom is -0.208 e. The van der Waals surface area contributed by atoms with Gasteiger partial charge in [0, 0.05) is 16.7 Å². The van der Waals surface area contributed by atoms with E-state index >= 15 is 0 Å². The van der Waals surface area contributed by atoms with E-state index < -0.39 is 18.1 Å². The molecule has 0 fully saturated rings. The van der Waals surface area contributed by atoms with Crippen molar-refractivity contribution >= 4 is 21.5 Å². The first kappa shape index (κ1) is 28.0. The van der Waals surface area contributed by atoms with Gasteiger partial charge in [0.15, 0.2) is 17.5 Å². The lowest BCUT2D eigenvalue weighted by Gasteiger charge is -2.13. The molecule has 0 spiro atoms. The van der Waals surface area contributed by atoms with Gasteiger partial charge in [0.25, 0.3) is 0 Å². The number of hydrogen-bond donors (Lipinski definition) is 0. The van der Waals surface area contributed by atoms with E-state index in [-0.39, 0.29) is 23.5 Å². The van der Waals surface area contributed by atoms with Crippen molar-refractivity contribution in [2.75, 3.05) is 0 Å². The molecule has 0 atom stereocenters. The van der Waals surface area contributed by atoms with Crippen molar-refractivity contribution in [3.63, 3.8) is 0 Å². The normalized spacial score (nSPS) is 12.5. The summed E-state index contributed by atoms with van der Waals surface area (Å²) in [5, 5.41) is 4.03. The van der Waals surface area contributed by atoms with Crippen LogP contribution in [0.25, 0.3) is 100 Å². The summed E-state index contributed by atoms with van der Waals surface area (Å²) in [6.45, 7) is 0. The predicted molar refractivity (Wildman–Crippen MR) is 233 cm³/mol. The Labute approximate surface area is 333 Å². The molecule has 1 heterocycles. The van der Waals surface area contributed by atoms with E-state index in [9.17, 15) is 0 Å². The summed E-state index contributed by atoms with van der Waals surface area (Å²) >= 11 is 0. The van der Waals surface area contributed by atoms with Crippen LogP contribution in [-0.2, 0) is 0 Å². The van der Waals surface area contributed by atoms with Gasteiger partial charge in [-0.1, -0.05) is 182 Å². The van der Waals surface area contributed by atoms with Crippen LogP contribution in [0, 0.1) is 0 Å². The molecule has 10 aromatic rings. The Hall–Kier alpha value is -7.49. The van der Waals surface area contributed by atoms with Crippen LogP contribution >= 0.6 is 0 Å². The first-order chi connectivity index (χ1) is 29.8. The van der Waals surface area contributed by atoms with Crippen molar-refractivity contribution in [1.82, 2.24) is 15.0 Å². The third-order valence-electron chi connectivity index (χ3n) is 10.2. The van der Waals surface area contributed by atoms with Crippen LogP contribution in [0.15, 0.2) is 212 Å². The van der Waals surface area contributed by atoms with E-state index in [0.29, 0.717) is 22.8 Å². The van der Waals surface area contributed by atoms with Gasteiger partial charge in [-0.3, -0.25) is 0 Å². The maximum Gasteiger partial charge on any atom is 0.164 e. The Morgan fingerprint density at radius 1 is 0.286 bits per heavy atom. The quantitative estimate of drug-likeness (QED) is 0.165. The monoisotopic (exact) mass is 718 g/mol. The number of nitrogens with zero attached hydrogens (tertiary/aromatic N) is 3. The molecule has 0 aliphatic heterocycles. The van der Waals surface area contributed by atoms with Crippen LogP contribution in [0.2, 0.25) is 0 Å². The summed E-state index contributed by atoms with van der Waals surface area (Å²) in [5.74, 6) is 0.622. The number of hydrogen-bond acceptors (Lipinski definition) is 3. The smallest absolute Gasteiger partial charge is 0.164 e. The molecule has 0 saturated heterocycles. The molecule has 0 unspecified atom stereocenters. The fourth-order valence-electron chi connectivity index (χ4n) is 7.33. The SMILES string of the molecule is [2H]c1c([2H])c([2H])c(-c2nc(-c3ccc4cc(-c5cccc(-c6ccccc6)c5)ccc4c3)nc(-c3cc(-c4ccc(-c5ccccc5)cc4)c4ccccc4c3)n2)c([2H])c1[2H]. The molecule has 0 amide bonds. The number of benzene rings is 9. The topological polar surface area (TPSA) is 38.7 Å². The average molecular weight is 719 g/mol. The minimum absolute atomic E-state index is 0.00679. The molecule has 1 aromatic heterocycles. The standard InChI is InChI=1S/C53H35N3/c1-4-13-36(14-5-1)38-23-25-39(26-24-38)50-35-48(34-46-19-10-11-22-49(46)50)53-55-51(40-17-8-3-9-18-40)54-52(56-53)47-30-29-44-32-43(27-28-45(44)33-47)42-21-12-20-41(31-42)37-15-6-2-7-16-37/h1-35H/i3D,8D,9D,17D,18D. The molecular formula is C53H35N3. The lowest BCUT2D eigenvalue weighted by atomic mass is 9.94. The Morgan fingerprint density at radius 2 is 0.750 bits per heavy atom. The van der Waals surface area contributed by atoms with E-state index in [1.165, 1.54) is 0 Å². The molecule has 9 aromatic carbocycles. The zero-order chi connectivity index (χ0) is 41.6. The van der Waals surface area contributed by atoms with Crippen LogP contribution in [0.3, 0.4) is 0 Å². The number of fused-ring (bicyclic) bond motifs is 2. The van der Waals surface area contributed by atoms with Crippen LogP contribution in [-0.4, -0.2) is 15.0 Å². The van der Waals surface area contributed by atoms with Gasteiger partial charge in [-0.25, -0.2) is 15.0 Å². The molecule has 3 heteroatoms. The Bertz CT molecular complexity index is 3270. The summed E-state index contributed by atoms with van der Waals surface area (Å²) in [7, 11) is 0. The molecule has 0 bridgehead atoms.